The van der Waals surface area contributed by atoms with E-state index in [4.69, 9.17) is 0 Å². The van der Waals surface area contributed by atoms with E-state index in [0.29, 0.717) is 18.2 Å². The van der Waals surface area contributed by atoms with Crippen molar-refractivity contribution in [1.82, 2.24) is 14.9 Å². The molecule has 5 nitrogen and oxygen atoms in total. The second kappa shape index (κ2) is 6.13. The maximum absolute atomic E-state index is 12.5. The predicted molar refractivity (Wildman–Crippen MR) is 83.9 cm³/mol. The van der Waals surface area contributed by atoms with E-state index in [0.717, 1.165) is 25.6 Å². The van der Waals surface area contributed by atoms with Gasteiger partial charge in [0.1, 0.15) is 5.69 Å². The van der Waals surface area contributed by atoms with Crippen LogP contribution >= 0.6 is 0 Å². The smallest absolute Gasteiger partial charge is 0.273 e. The number of aromatic nitrogens is 2. The zero-order valence-electron chi connectivity index (χ0n) is 12.6. The number of amides is 1. The van der Waals surface area contributed by atoms with Gasteiger partial charge in [-0.3, -0.25) is 9.59 Å². The lowest BCUT2D eigenvalue weighted by Crippen LogP contribution is -2.39. The first-order valence-corrected chi connectivity index (χ1v) is 7.54. The number of likely N-dealkylation sites (tertiary alicyclic amines) is 1. The number of piperidine rings is 1. The monoisotopic (exact) mass is 297 g/mol. The van der Waals surface area contributed by atoms with Gasteiger partial charge in [0.05, 0.1) is 6.20 Å². The number of H-pyrrole nitrogens is 1. The molecule has 1 aliphatic heterocycles. The van der Waals surface area contributed by atoms with Gasteiger partial charge in [0, 0.05) is 25.2 Å². The molecule has 3 rings (SSSR count). The van der Waals surface area contributed by atoms with E-state index in [1.54, 1.807) is 0 Å². The van der Waals surface area contributed by atoms with Crippen LogP contribution in [0.15, 0.2) is 41.5 Å². The second-order valence-electron chi connectivity index (χ2n) is 5.74. The first-order valence-electron chi connectivity index (χ1n) is 7.54. The van der Waals surface area contributed by atoms with Gasteiger partial charge < -0.3 is 9.88 Å². The molecule has 5 heteroatoms. The maximum atomic E-state index is 12.5. The van der Waals surface area contributed by atoms with Gasteiger partial charge in [-0.2, -0.15) is 0 Å². The maximum Gasteiger partial charge on any atom is 0.273 e. The summed E-state index contributed by atoms with van der Waals surface area (Å²) in [5, 5.41) is 0. The Kier molecular flexibility index (Phi) is 4.04. The molecule has 1 aromatic heterocycles. The third-order valence-corrected chi connectivity index (χ3v) is 4.23. The van der Waals surface area contributed by atoms with Crippen LogP contribution < -0.4 is 5.56 Å². The molecule has 1 aliphatic rings. The van der Waals surface area contributed by atoms with Crippen LogP contribution in [-0.4, -0.2) is 33.9 Å². The summed E-state index contributed by atoms with van der Waals surface area (Å²) in [5.41, 5.74) is 2.58. The van der Waals surface area contributed by atoms with Crippen LogP contribution in [0.2, 0.25) is 0 Å². The summed E-state index contributed by atoms with van der Waals surface area (Å²) in [7, 11) is 0. The predicted octanol–water partition coefficient (Wildman–Crippen LogP) is 2.10. The molecule has 1 atom stereocenters. The molecule has 2 aromatic rings. The van der Waals surface area contributed by atoms with Crippen molar-refractivity contribution in [2.75, 3.05) is 13.1 Å². The molecule has 0 aliphatic carbocycles. The molecule has 22 heavy (non-hydrogen) atoms. The van der Waals surface area contributed by atoms with Gasteiger partial charge in [-0.15, -0.1) is 0 Å². The molecular weight excluding hydrogens is 278 g/mol. The quantitative estimate of drug-likeness (QED) is 0.923. The highest BCUT2D eigenvalue weighted by molar-refractivity contribution is 5.92. The lowest BCUT2D eigenvalue weighted by Gasteiger charge is -2.33. The molecule has 2 heterocycles. The van der Waals surface area contributed by atoms with Crippen molar-refractivity contribution in [1.29, 1.82) is 0 Å². The Morgan fingerprint density at radius 2 is 2.18 bits per heavy atom. The van der Waals surface area contributed by atoms with E-state index in [2.05, 4.69) is 29.0 Å². The average molecular weight is 297 g/mol. The van der Waals surface area contributed by atoms with Crippen molar-refractivity contribution in [3.05, 3.63) is 63.8 Å². The van der Waals surface area contributed by atoms with E-state index in [-0.39, 0.29) is 11.5 Å². The Hall–Kier alpha value is -2.43. The number of nitrogens with one attached hydrogen (secondary N) is 1. The van der Waals surface area contributed by atoms with Crippen LogP contribution in [0.25, 0.3) is 0 Å². The van der Waals surface area contributed by atoms with Gasteiger partial charge >= 0.3 is 0 Å². The minimum Gasteiger partial charge on any atom is -0.337 e. The molecule has 0 spiro atoms. The van der Waals surface area contributed by atoms with Gasteiger partial charge in [-0.25, -0.2) is 4.98 Å². The topological polar surface area (TPSA) is 66.1 Å². The van der Waals surface area contributed by atoms with E-state index >= 15 is 0 Å². The molecule has 0 radical (unpaired) electrons. The van der Waals surface area contributed by atoms with Crippen LogP contribution in [0.1, 0.15) is 40.4 Å². The highest BCUT2D eigenvalue weighted by Gasteiger charge is 2.26. The molecule has 1 amide bonds. The molecule has 114 valence electrons. The van der Waals surface area contributed by atoms with Gasteiger partial charge in [-0.05, 0) is 30.9 Å². The lowest BCUT2D eigenvalue weighted by atomic mass is 9.88. The Balaban J connectivity index is 1.78. The van der Waals surface area contributed by atoms with Gasteiger partial charge in [-0.1, -0.05) is 24.3 Å². The van der Waals surface area contributed by atoms with Crippen molar-refractivity contribution < 1.29 is 4.79 Å². The summed E-state index contributed by atoms with van der Waals surface area (Å²) in [5.74, 6) is 0.246. The number of rotatable bonds is 2. The molecule has 1 saturated heterocycles. The molecule has 1 unspecified atom stereocenters. The van der Waals surface area contributed by atoms with E-state index in [1.165, 1.54) is 17.3 Å². The summed E-state index contributed by atoms with van der Waals surface area (Å²) in [6.45, 7) is 3.55. The molecule has 0 bridgehead atoms. The highest BCUT2D eigenvalue weighted by Crippen LogP contribution is 2.29. The van der Waals surface area contributed by atoms with Crippen LogP contribution in [0.5, 0.6) is 0 Å². The summed E-state index contributed by atoms with van der Waals surface area (Å²) >= 11 is 0. The van der Waals surface area contributed by atoms with Crippen molar-refractivity contribution >= 4 is 5.91 Å². The number of aryl methyl sites for hydroxylation is 1. The Bertz CT molecular complexity index is 718. The fraction of sp³-hybridized carbons (Fsp3) is 0.353. The number of aromatic amines is 1. The van der Waals surface area contributed by atoms with Gasteiger partial charge in [0.15, 0.2) is 0 Å². The Morgan fingerprint density at radius 1 is 1.36 bits per heavy atom. The Morgan fingerprint density at radius 3 is 2.91 bits per heavy atom. The van der Waals surface area contributed by atoms with Crippen molar-refractivity contribution in [3.8, 4) is 0 Å². The van der Waals surface area contributed by atoms with Crippen LogP contribution in [0.4, 0.5) is 0 Å². The first kappa shape index (κ1) is 14.5. The van der Waals surface area contributed by atoms with Crippen molar-refractivity contribution in [2.45, 2.75) is 25.7 Å². The standard InChI is InChI=1S/C17H19N3O2/c1-12-5-2-3-7-14(12)13-6-4-8-20(11-13)17(22)15-9-19-16(21)10-18-15/h2-3,5,7,9-10,13H,4,6,8,11H2,1H3,(H,19,21). The zero-order valence-corrected chi connectivity index (χ0v) is 12.6. The van der Waals surface area contributed by atoms with Gasteiger partial charge in [0.2, 0.25) is 0 Å². The molecule has 1 N–H and O–H groups in total. The minimum absolute atomic E-state index is 0.116. The third-order valence-electron chi connectivity index (χ3n) is 4.23. The van der Waals surface area contributed by atoms with Crippen LogP contribution in [0.3, 0.4) is 0 Å². The van der Waals surface area contributed by atoms with Gasteiger partial charge in [0.25, 0.3) is 11.5 Å². The first-order chi connectivity index (χ1) is 10.6. The lowest BCUT2D eigenvalue weighted by molar-refractivity contribution is 0.0700. The fourth-order valence-electron chi connectivity index (χ4n) is 3.08. The fourth-order valence-corrected chi connectivity index (χ4v) is 3.08. The molecule has 1 aromatic carbocycles. The van der Waals surface area contributed by atoms with E-state index < -0.39 is 0 Å². The SMILES string of the molecule is Cc1ccccc1C1CCCN(C(=O)c2c[nH]c(=O)cn2)C1. The normalized spacial score (nSPS) is 18.2. The third kappa shape index (κ3) is 2.93. The number of carbonyl (C=O) groups excluding carboxylic acids is 1. The summed E-state index contributed by atoms with van der Waals surface area (Å²) in [4.78, 5) is 31.8. The highest BCUT2D eigenvalue weighted by atomic mass is 16.2. The van der Waals surface area contributed by atoms with E-state index in [9.17, 15) is 9.59 Å². The van der Waals surface area contributed by atoms with Crippen LogP contribution in [0, 0.1) is 6.92 Å². The largest absolute Gasteiger partial charge is 0.337 e. The molecule has 0 saturated carbocycles. The number of nitrogens with zero attached hydrogens (tertiary/aromatic N) is 2. The second-order valence-corrected chi connectivity index (χ2v) is 5.74. The average Bonchev–Trinajstić information content (AvgIpc) is 2.55. The molecule has 1 fully saturated rings. The van der Waals surface area contributed by atoms with E-state index in [1.807, 2.05) is 17.0 Å². The number of hydrogen-bond acceptors (Lipinski definition) is 3. The summed E-state index contributed by atoms with van der Waals surface area (Å²) in [6.07, 6.45) is 4.61. The Labute approximate surface area is 129 Å². The number of carbonyl (C=O) groups is 1. The number of benzene rings is 1. The summed E-state index contributed by atoms with van der Waals surface area (Å²) < 4.78 is 0. The summed E-state index contributed by atoms with van der Waals surface area (Å²) in [6, 6.07) is 8.34. The van der Waals surface area contributed by atoms with Crippen molar-refractivity contribution in [3.63, 3.8) is 0 Å². The van der Waals surface area contributed by atoms with Crippen LogP contribution in [-0.2, 0) is 0 Å². The molecular formula is C17H19N3O2. The van der Waals surface area contributed by atoms with Crippen molar-refractivity contribution in [2.24, 2.45) is 0 Å². The number of hydrogen-bond donors (Lipinski definition) is 1. The zero-order chi connectivity index (χ0) is 15.5. The minimum atomic E-state index is -0.298.